The van der Waals surface area contributed by atoms with E-state index in [9.17, 15) is 14.7 Å². The molecular formula is C35H39NO6S. The van der Waals surface area contributed by atoms with Crippen molar-refractivity contribution in [3.05, 3.63) is 105 Å². The Kier molecular flexibility index (Phi) is 11.4. The molecule has 43 heavy (non-hydrogen) atoms. The van der Waals surface area contributed by atoms with E-state index in [4.69, 9.17) is 14.6 Å². The number of methoxy groups -OCH3 is 1. The van der Waals surface area contributed by atoms with E-state index in [1.54, 1.807) is 30.6 Å². The third kappa shape index (κ3) is 9.17. The Morgan fingerprint density at radius 1 is 0.814 bits per heavy atom. The number of aryl methyl sites for hydroxylation is 2. The fourth-order valence-electron chi connectivity index (χ4n) is 5.16. The first-order chi connectivity index (χ1) is 20.7. The molecule has 4 rings (SSSR count). The predicted octanol–water partition coefficient (Wildman–Crippen LogP) is 7.62. The lowest BCUT2D eigenvalue weighted by atomic mass is 10.0. The van der Waals surface area contributed by atoms with Crippen LogP contribution in [0.2, 0.25) is 0 Å². The van der Waals surface area contributed by atoms with Gasteiger partial charge in [0.15, 0.2) is 0 Å². The molecule has 0 fully saturated rings. The summed E-state index contributed by atoms with van der Waals surface area (Å²) < 4.78 is 11.6. The van der Waals surface area contributed by atoms with Gasteiger partial charge < -0.3 is 19.7 Å². The molecule has 0 saturated heterocycles. The molecule has 0 aliphatic rings. The van der Waals surface area contributed by atoms with E-state index >= 15 is 0 Å². The summed E-state index contributed by atoms with van der Waals surface area (Å²) in [5.74, 6) is -0.0861. The third-order valence-corrected chi connectivity index (χ3v) is 8.67. The summed E-state index contributed by atoms with van der Waals surface area (Å²) in [5.41, 5.74) is 5.99. The van der Waals surface area contributed by atoms with E-state index in [1.807, 2.05) is 42.5 Å². The van der Waals surface area contributed by atoms with Crippen molar-refractivity contribution in [2.75, 3.05) is 20.2 Å². The number of hydrogen-bond acceptors (Lipinski definition) is 6. The molecule has 0 atom stereocenters. The monoisotopic (exact) mass is 601 g/mol. The number of carboxylic acid groups (broad SMARTS) is 2. The standard InChI is InChI=1S/C35H39NO6S/c1-24-32(18-20-36(19-5-4-9-34(37)38)22-26-10-12-28(13-11-26)35(39)40)33(25(2)43-24)23-42-30-16-14-27(15-17-30)29-7-6-8-31(21-29)41-3/h6-8,10-17,21H,4-5,9,18-20,22-23H2,1-3H3,(H,37,38)(H,39,40). The molecule has 0 spiro atoms. The van der Waals surface area contributed by atoms with Crippen molar-refractivity contribution in [1.29, 1.82) is 0 Å². The first-order valence-corrected chi connectivity index (χ1v) is 15.3. The van der Waals surface area contributed by atoms with Crippen LogP contribution in [0.25, 0.3) is 11.1 Å². The Hall–Kier alpha value is -4.14. The van der Waals surface area contributed by atoms with Gasteiger partial charge in [-0.05, 0) is 98.3 Å². The average molecular weight is 602 g/mol. The number of hydrogen-bond donors (Lipinski definition) is 2. The summed E-state index contributed by atoms with van der Waals surface area (Å²) >= 11 is 1.79. The van der Waals surface area contributed by atoms with Crippen LogP contribution in [0.4, 0.5) is 0 Å². The molecule has 0 unspecified atom stereocenters. The number of benzene rings is 3. The van der Waals surface area contributed by atoms with Gasteiger partial charge in [0.2, 0.25) is 0 Å². The molecule has 0 bridgehead atoms. The van der Waals surface area contributed by atoms with Gasteiger partial charge in [0.25, 0.3) is 0 Å². The predicted molar refractivity (Wildman–Crippen MR) is 170 cm³/mol. The van der Waals surface area contributed by atoms with E-state index in [0.29, 0.717) is 19.6 Å². The topological polar surface area (TPSA) is 96.3 Å². The van der Waals surface area contributed by atoms with E-state index < -0.39 is 11.9 Å². The summed E-state index contributed by atoms with van der Waals surface area (Å²) in [6, 6.07) is 23.1. The highest BCUT2D eigenvalue weighted by molar-refractivity contribution is 7.12. The zero-order chi connectivity index (χ0) is 30.8. The zero-order valence-corrected chi connectivity index (χ0v) is 25.8. The Bertz CT molecular complexity index is 1510. The molecular weight excluding hydrogens is 562 g/mol. The maximum Gasteiger partial charge on any atom is 0.335 e. The molecule has 0 saturated carbocycles. The molecule has 3 aromatic carbocycles. The van der Waals surface area contributed by atoms with Gasteiger partial charge in [-0.15, -0.1) is 11.3 Å². The smallest absolute Gasteiger partial charge is 0.335 e. The fourth-order valence-corrected chi connectivity index (χ4v) is 6.27. The van der Waals surface area contributed by atoms with Crippen molar-refractivity contribution in [3.63, 3.8) is 0 Å². The maximum absolute atomic E-state index is 11.3. The molecule has 226 valence electrons. The maximum atomic E-state index is 11.3. The van der Waals surface area contributed by atoms with E-state index in [0.717, 1.165) is 54.1 Å². The quantitative estimate of drug-likeness (QED) is 0.128. The summed E-state index contributed by atoms with van der Waals surface area (Å²) in [4.78, 5) is 27.1. The molecule has 8 heteroatoms. The highest BCUT2D eigenvalue weighted by Gasteiger charge is 2.16. The van der Waals surface area contributed by atoms with Crippen molar-refractivity contribution >= 4 is 23.3 Å². The lowest BCUT2D eigenvalue weighted by Crippen LogP contribution is -2.27. The number of carboxylic acids is 2. The van der Waals surface area contributed by atoms with Gasteiger partial charge in [-0.3, -0.25) is 9.69 Å². The molecule has 1 heterocycles. The van der Waals surface area contributed by atoms with Crippen LogP contribution in [0.15, 0.2) is 72.8 Å². The summed E-state index contributed by atoms with van der Waals surface area (Å²) in [6.07, 6.45) is 2.40. The lowest BCUT2D eigenvalue weighted by molar-refractivity contribution is -0.137. The van der Waals surface area contributed by atoms with Crippen LogP contribution in [-0.4, -0.2) is 47.3 Å². The Balaban J connectivity index is 1.41. The van der Waals surface area contributed by atoms with Crippen molar-refractivity contribution in [2.45, 2.75) is 52.7 Å². The number of aromatic carboxylic acids is 1. The number of thiophene rings is 1. The number of ether oxygens (including phenoxy) is 2. The van der Waals surface area contributed by atoms with Gasteiger partial charge in [-0.2, -0.15) is 0 Å². The van der Waals surface area contributed by atoms with Crippen LogP contribution in [0.3, 0.4) is 0 Å². The molecule has 1 aromatic heterocycles. The molecule has 2 N–H and O–H groups in total. The van der Waals surface area contributed by atoms with E-state index in [-0.39, 0.29) is 12.0 Å². The van der Waals surface area contributed by atoms with Crippen molar-refractivity contribution in [2.24, 2.45) is 0 Å². The summed E-state index contributed by atoms with van der Waals surface area (Å²) in [5, 5.41) is 18.3. The molecule has 4 aromatic rings. The number of unbranched alkanes of at least 4 members (excludes halogenated alkanes) is 1. The molecule has 0 radical (unpaired) electrons. The van der Waals surface area contributed by atoms with Crippen LogP contribution < -0.4 is 9.47 Å². The Morgan fingerprint density at radius 2 is 1.53 bits per heavy atom. The first kappa shape index (κ1) is 31.8. The number of rotatable bonds is 16. The van der Waals surface area contributed by atoms with Gasteiger partial charge in [0, 0.05) is 34.8 Å². The number of nitrogens with zero attached hydrogens (tertiary/aromatic N) is 1. The largest absolute Gasteiger partial charge is 0.497 e. The van der Waals surface area contributed by atoms with E-state index in [1.165, 1.54) is 20.9 Å². The summed E-state index contributed by atoms with van der Waals surface area (Å²) in [6.45, 7) is 7.01. The second kappa shape index (κ2) is 15.4. The second-order valence-corrected chi connectivity index (χ2v) is 12.0. The number of carbonyl (C=O) groups is 2. The van der Waals surface area contributed by atoms with Crippen LogP contribution >= 0.6 is 11.3 Å². The SMILES string of the molecule is COc1cccc(-c2ccc(OCc3c(C)sc(C)c3CCN(CCCCC(=O)O)Cc3ccc(C(=O)O)cc3)cc2)c1. The Morgan fingerprint density at radius 3 is 2.21 bits per heavy atom. The van der Waals surface area contributed by atoms with E-state index in [2.05, 4.69) is 36.9 Å². The fraction of sp³-hybridized carbons (Fsp3) is 0.314. The first-order valence-electron chi connectivity index (χ1n) is 14.4. The van der Waals surface area contributed by atoms with Gasteiger partial charge in [-0.25, -0.2) is 4.79 Å². The molecule has 0 aliphatic heterocycles. The van der Waals surface area contributed by atoms with Crippen molar-refractivity contribution < 1.29 is 29.3 Å². The highest BCUT2D eigenvalue weighted by atomic mass is 32.1. The minimum absolute atomic E-state index is 0.159. The minimum atomic E-state index is -0.942. The second-order valence-electron chi connectivity index (χ2n) is 10.6. The average Bonchev–Trinajstić information content (AvgIpc) is 3.28. The zero-order valence-electron chi connectivity index (χ0n) is 25.0. The minimum Gasteiger partial charge on any atom is -0.497 e. The van der Waals surface area contributed by atoms with Gasteiger partial charge in [-0.1, -0.05) is 36.4 Å². The van der Waals surface area contributed by atoms with Crippen LogP contribution in [0.5, 0.6) is 11.5 Å². The molecule has 0 amide bonds. The van der Waals surface area contributed by atoms with Gasteiger partial charge >= 0.3 is 11.9 Å². The van der Waals surface area contributed by atoms with Gasteiger partial charge in [0.1, 0.15) is 18.1 Å². The summed E-state index contributed by atoms with van der Waals surface area (Å²) in [7, 11) is 1.67. The van der Waals surface area contributed by atoms with Crippen LogP contribution in [-0.2, 0) is 24.4 Å². The van der Waals surface area contributed by atoms with Crippen molar-refractivity contribution in [1.82, 2.24) is 4.90 Å². The van der Waals surface area contributed by atoms with Crippen LogP contribution in [0.1, 0.15) is 56.1 Å². The third-order valence-electron chi connectivity index (χ3n) is 7.56. The normalized spacial score (nSPS) is 11.1. The molecule has 0 aliphatic carbocycles. The Labute approximate surface area is 257 Å². The van der Waals surface area contributed by atoms with Crippen molar-refractivity contribution in [3.8, 4) is 22.6 Å². The molecule has 7 nitrogen and oxygen atoms in total. The number of aliphatic carboxylic acids is 1. The van der Waals surface area contributed by atoms with Crippen LogP contribution in [0, 0.1) is 13.8 Å². The highest BCUT2D eigenvalue weighted by Crippen LogP contribution is 2.31. The lowest BCUT2D eigenvalue weighted by Gasteiger charge is -2.23. The van der Waals surface area contributed by atoms with Gasteiger partial charge in [0.05, 0.1) is 12.7 Å².